The molecule has 146 valence electrons. The van der Waals surface area contributed by atoms with Gasteiger partial charge in [0, 0.05) is 16.6 Å². The minimum atomic E-state index is 0.0452. The Labute approximate surface area is 170 Å². The number of nitrogens with one attached hydrogen (secondary N) is 2. The van der Waals surface area contributed by atoms with Crippen molar-refractivity contribution in [3.63, 3.8) is 0 Å². The van der Waals surface area contributed by atoms with Crippen molar-refractivity contribution in [2.75, 3.05) is 25.0 Å². The van der Waals surface area contributed by atoms with Crippen molar-refractivity contribution in [1.29, 1.82) is 0 Å². The van der Waals surface area contributed by atoms with Crippen LogP contribution in [0.1, 0.15) is 35.7 Å². The summed E-state index contributed by atoms with van der Waals surface area (Å²) in [5.74, 6) is 1.46. The van der Waals surface area contributed by atoms with Gasteiger partial charge in [0.1, 0.15) is 5.82 Å². The van der Waals surface area contributed by atoms with E-state index in [9.17, 15) is 4.79 Å². The lowest BCUT2D eigenvalue weighted by atomic mass is 9.96. The van der Waals surface area contributed by atoms with Crippen molar-refractivity contribution in [2.45, 2.75) is 32.6 Å². The lowest BCUT2D eigenvalue weighted by Gasteiger charge is -2.30. The van der Waals surface area contributed by atoms with E-state index in [1.165, 1.54) is 5.56 Å². The highest BCUT2D eigenvalue weighted by atomic mass is 35.5. The molecule has 2 aromatic carbocycles. The van der Waals surface area contributed by atoms with Crippen molar-refractivity contribution < 1.29 is 4.79 Å². The summed E-state index contributed by atoms with van der Waals surface area (Å²) in [6.07, 6.45) is 1.98. The Morgan fingerprint density at radius 2 is 2.00 bits per heavy atom. The second kappa shape index (κ2) is 7.94. The molecule has 1 amide bonds. The monoisotopic (exact) mass is 396 g/mol. The van der Waals surface area contributed by atoms with Crippen LogP contribution in [0.4, 0.5) is 5.69 Å². The number of hydrogen-bond acceptors (Lipinski definition) is 3. The first-order valence-corrected chi connectivity index (χ1v) is 10.1. The van der Waals surface area contributed by atoms with Gasteiger partial charge in [-0.1, -0.05) is 29.3 Å². The smallest absolute Gasteiger partial charge is 0.238 e. The second-order valence-electron chi connectivity index (χ2n) is 7.70. The molecule has 0 atom stereocenters. The predicted octanol–water partition coefficient (Wildman–Crippen LogP) is 4.65. The SMILES string of the molecule is Cc1ccc(NC(=O)CN2CCC(c3nc4ccc(Cl)cc4[nH]3)CC2)c(C)c1. The van der Waals surface area contributed by atoms with Gasteiger partial charge in [0.25, 0.3) is 0 Å². The van der Waals surface area contributed by atoms with Gasteiger partial charge in [-0.25, -0.2) is 4.98 Å². The zero-order valence-electron chi connectivity index (χ0n) is 16.3. The third kappa shape index (κ3) is 4.21. The zero-order chi connectivity index (χ0) is 19.7. The molecular weight excluding hydrogens is 372 g/mol. The number of piperidine rings is 1. The maximum absolute atomic E-state index is 12.4. The zero-order valence-corrected chi connectivity index (χ0v) is 17.0. The summed E-state index contributed by atoms with van der Waals surface area (Å²) in [6, 6.07) is 11.8. The van der Waals surface area contributed by atoms with Crippen LogP contribution in [0.3, 0.4) is 0 Å². The van der Waals surface area contributed by atoms with Gasteiger partial charge in [0.15, 0.2) is 0 Å². The van der Waals surface area contributed by atoms with Gasteiger partial charge in [-0.15, -0.1) is 0 Å². The number of amides is 1. The molecule has 0 saturated carbocycles. The summed E-state index contributed by atoms with van der Waals surface area (Å²) < 4.78 is 0. The van der Waals surface area contributed by atoms with Crippen molar-refractivity contribution in [1.82, 2.24) is 14.9 Å². The minimum absolute atomic E-state index is 0.0452. The van der Waals surface area contributed by atoms with Crippen LogP contribution >= 0.6 is 11.6 Å². The highest BCUT2D eigenvalue weighted by Gasteiger charge is 2.24. The number of H-pyrrole nitrogens is 1. The van der Waals surface area contributed by atoms with Gasteiger partial charge in [-0.3, -0.25) is 9.69 Å². The maximum Gasteiger partial charge on any atom is 0.238 e. The molecule has 6 heteroatoms. The van der Waals surface area contributed by atoms with Crippen LogP contribution in [-0.4, -0.2) is 40.4 Å². The minimum Gasteiger partial charge on any atom is -0.342 e. The average Bonchev–Trinajstić information content (AvgIpc) is 3.08. The molecule has 1 aliphatic heterocycles. The molecule has 1 aromatic heterocycles. The molecular formula is C22H25ClN4O. The lowest BCUT2D eigenvalue weighted by Crippen LogP contribution is -2.39. The first kappa shape index (κ1) is 19.0. The summed E-state index contributed by atoms with van der Waals surface area (Å²) in [7, 11) is 0. The maximum atomic E-state index is 12.4. The Hall–Kier alpha value is -2.37. The number of rotatable bonds is 4. The molecule has 1 aliphatic rings. The van der Waals surface area contributed by atoms with E-state index in [1.54, 1.807) is 0 Å². The van der Waals surface area contributed by atoms with E-state index in [4.69, 9.17) is 16.6 Å². The third-order valence-corrected chi connectivity index (χ3v) is 5.69. The normalized spacial score (nSPS) is 15.8. The van der Waals surface area contributed by atoms with E-state index < -0.39 is 0 Å². The Bertz CT molecular complexity index is 1000. The van der Waals surface area contributed by atoms with Gasteiger partial charge in [0.05, 0.1) is 17.6 Å². The number of aromatic nitrogens is 2. The molecule has 1 saturated heterocycles. The lowest BCUT2D eigenvalue weighted by molar-refractivity contribution is -0.117. The van der Waals surface area contributed by atoms with Crippen molar-refractivity contribution in [2.24, 2.45) is 0 Å². The van der Waals surface area contributed by atoms with E-state index in [-0.39, 0.29) is 5.91 Å². The number of carbonyl (C=O) groups is 1. The number of fused-ring (bicyclic) bond motifs is 1. The number of imidazole rings is 1. The number of nitrogens with zero attached hydrogens (tertiary/aromatic N) is 2. The van der Waals surface area contributed by atoms with Gasteiger partial charge in [-0.05, 0) is 69.6 Å². The highest BCUT2D eigenvalue weighted by Crippen LogP contribution is 2.28. The van der Waals surface area contributed by atoms with Gasteiger partial charge >= 0.3 is 0 Å². The van der Waals surface area contributed by atoms with E-state index in [0.29, 0.717) is 17.5 Å². The summed E-state index contributed by atoms with van der Waals surface area (Å²) in [4.78, 5) is 22.8. The summed E-state index contributed by atoms with van der Waals surface area (Å²) in [5.41, 5.74) is 5.13. The molecule has 3 aromatic rings. The Morgan fingerprint density at radius 1 is 1.21 bits per heavy atom. The topological polar surface area (TPSA) is 61.0 Å². The van der Waals surface area contributed by atoms with E-state index >= 15 is 0 Å². The van der Waals surface area contributed by atoms with Gasteiger partial charge < -0.3 is 10.3 Å². The molecule has 28 heavy (non-hydrogen) atoms. The second-order valence-corrected chi connectivity index (χ2v) is 8.14. The van der Waals surface area contributed by atoms with Crippen LogP contribution in [-0.2, 0) is 4.79 Å². The molecule has 5 nitrogen and oxygen atoms in total. The first-order chi connectivity index (χ1) is 13.5. The quantitative estimate of drug-likeness (QED) is 0.674. The largest absolute Gasteiger partial charge is 0.342 e. The predicted molar refractivity (Wildman–Crippen MR) is 114 cm³/mol. The number of aryl methyl sites for hydroxylation is 2. The molecule has 2 N–H and O–H groups in total. The Balaban J connectivity index is 1.32. The summed E-state index contributed by atoms with van der Waals surface area (Å²) in [6.45, 7) is 6.29. The highest BCUT2D eigenvalue weighted by molar-refractivity contribution is 6.31. The molecule has 2 heterocycles. The number of carbonyl (C=O) groups excluding carboxylic acids is 1. The van der Waals surface area contributed by atoms with Crippen LogP contribution in [0.25, 0.3) is 11.0 Å². The molecule has 0 radical (unpaired) electrons. The summed E-state index contributed by atoms with van der Waals surface area (Å²) >= 11 is 6.06. The van der Waals surface area contributed by atoms with Crippen LogP contribution in [0.15, 0.2) is 36.4 Å². The average molecular weight is 397 g/mol. The Morgan fingerprint density at radius 3 is 2.75 bits per heavy atom. The van der Waals surface area contributed by atoms with Crippen molar-refractivity contribution >= 4 is 34.2 Å². The number of halogens is 1. The molecule has 0 spiro atoms. The summed E-state index contributed by atoms with van der Waals surface area (Å²) in [5, 5.41) is 3.75. The standard InChI is InChI=1S/C22H25ClN4O/c1-14-3-5-18(15(2)11-14)24-21(28)13-27-9-7-16(8-10-27)22-25-19-6-4-17(23)12-20(19)26-22/h3-6,11-12,16H,7-10,13H2,1-2H3,(H,24,28)(H,25,26). The van der Waals surface area contributed by atoms with Crippen LogP contribution < -0.4 is 5.32 Å². The van der Waals surface area contributed by atoms with Gasteiger partial charge in [-0.2, -0.15) is 0 Å². The van der Waals surface area contributed by atoms with Gasteiger partial charge in [0.2, 0.25) is 5.91 Å². The van der Waals surface area contributed by atoms with Crippen LogP contribution in [0.5, 0.6) is 0 Å². The van der Waals surface area contributed by atoms with Crippen molar-refractivity contribution in [3.05, 3.63) is 58.4 Å². The number of likely N-dealkylation sites (tertiary alicyclic amines) is 1. The van der Waals surface area contributed by atoms with Crippen LogP contribution in [0, 0.1) is 13.8 Å². The molecule has 0 bridgehead atoms. The number of anilines is 1. The fourth-order valence-corrected chi connectivity index (χ4v) is 4.08. The van der Waals surface area contributed by atoms with E-state index in [0.717, 1.165) is 54.0 Å². The first-order valence-electron chi connectivity index (χ1n) is 9.72. The number of benzene rings is 2. The molecule has 0 aliphatic carbocycles. The van der Waals surface area contributed by atoms with Crippen molar-refractivity contribution in [3.8, 4) is 0 Å². The third-order valence-electron chi connectivity index (χ3n) is 5.46. The fraction of sp³-hybridized carbons (Fsp3) is 0.364. The fourth-order valence-electron chi connectivity index (χ4n) is 3.91. The van der Waals surface area contributed by atoms with E-state index in [1.807, 2.05) is 37.3 Å². The molecule has 0 unspecified atom stereocenters. The molecule has 1 fully saturated rings. The number of hydrogen-bond donors (Lipinski definition) is 2. The number of aromatic amines is 1. The molecule has 4 rings (SSSR count). The Kier molecular flexibility index (Phi) is 5.38. The van der Waals surface area contributed by atoms with E-state index in [2.05, 4.69) is 28.2 Å². The van der Waals surface area contributed by atoms with Crippen LogP contribution in [0.2, 0.25) is 5.02 Å².